The molecule has 3 aromatic heterocycles. The molecule has 0 aliphatic heterocycles. The molecule has 154 valence electrons. The van der Waals surface area contributed by atoms with Gasteiger partial charge in [0.1, 0.15) is 0 Å². The molecule has 1 atom stereocenters. The number of halogens is 1. The summed E-state index contributed by atoms with van der Waals surface area (Å²) in [5, 5.41) is 10.5. The zero-order chi connectivity index (χ0) is 21.3. The molecule has 1 N–H and O–H groups in total. The van der Waals surface area contributed by atoms with Gasteiger partial charge in [-0.1, -0.05) is 29.8 Å². The number of nitrogens with one attached hydrogen (secondary N) is 1. The average molecular weight is 439 g/mol. The maximum atomic E-state index is 12.5. The number of nitrogens with zero attached hydrogens (tertiary/aromatic N) is 3. The summed E-state index contributed by atoms with van der Waals surface area (Å²) in [7, 11) is 0. The van der Waals surface area contributed by atoms with Crippen molar-refractivity contribution in [1.29, 1.82) is 0 Å². The second kappa shape index (κ2) is 8.58. The van der Waals surface area contributed by atoms with E-state index in [0.717, 1.165) is 38.7 Å². The van der Waals surface area contributed by atoms with Crippen LogP contribution in [0.25, 0.3) is 16.9 Å². The first-order chi connectivity index (χ1) is 14.4. The molecule has 4 rings (SSSR count). The molecule has 0 saturated carbocycles. The van der Waals surface area contributed by atoms with Crippen LogP contribution in [-0.4, -0.2) is 20.5 Å². The number of aryl methyl sites for hydroxylation is 2. The van der Waals surface area contributed by atoms with Crippen molar-refractivity contribution in [2.24, 2.45) is 0 Å². The van der Waals surface area contributed by atoms with Gasteiger partial charge in [-0.25, -0.2) is 9.50 Å². The molecule has 0 aliphatic rings. The Balaban J connectivity index is 1.52. The molecule has 1 aromatic carbocycles. The van der Waals surface area contributed by atoms with E-state index in [0.29, 0.717) is 17.9 Å². The van der Waals surface area contributed by atoms with Crippen LogP contribution >= 0.6 is 22.9 Å². The van der Waals surface area contributed by atoms with Crippen LogP contribution in [-0.2, 0) is 11.2 Å². The number of hydrogen-bond acceptors (Lipinski definition) is 4. The number of carbonyl (C=O) groups excluding carboxylic acids is 1. The summed E-state index contributed by atoms with van der Waals surface area (Å²) in [5.41, 5.74) is 5.65. The molecule has 0 unspecified atom stereocenters. The quantitative estimate of drug-likeness (QED) is 0.430. The Morgan fingerprint density at radius 3 is 2.70 bits per heavy atom. The van der Waals surface area contributed by atoms with Gasteiger partial charge >= 0.3 is 0 Å². The SMILES string of the molecule is Cc1nc2cc(-c3ccc(Cl)cc3)nn2c(C)c1CCC(=O)N[C@H](C)c1cccs1. The Bertz CT molecular complexity index is 1180. The number of aromatic nitrogens is 3. The lowest BCUT2D eigenvalue weighted by molar-refractivity contribution is -0.121. The molecule has 1 amide bonds. The minimum absolute atomic E-state index is 0.0216. The number of carbonyl (C=O) groups is 1. The van der Waals surface area contributed by atoms with E-state index in [4.69, 9.17) is 21.7 Å². The van der Waals surface area contributed by atoms with Crippen molar-refractivity contribution in [2.45, 2.75) is 39.7 Å². The average Bonchev–Trinajstić information content (AvgIpc) is 3.38. The predicted molar refractivity (Wildman–Crippen MR) is 122 cm³/mol. The van der Waals surface area contributed by atoms with E-state index in [2.05, 4.69) is 5.32 Å². The molecule has 4 aromatic rings. The maximum Gasteiger partial charge on any atom is 0.220 e. The molecule has 0 bridgehead atoms. The molecule has 0 fully saturated rings. The standard InChI is InChI=1S/C23H23ClN4OS/c1-14-19(10-11-23(29)26-15(2)21-5-4-12-30-21)16(3)28-22(25-14)13-20(27-28)17-6-8-18(24)9-7-17/h4-9,12-13,15H,10-11H2,1-3H3,(H,26,29)/t15-/m1/s1. The van der Waals surface area contributed by atoms with Crippen LogP contribution in [0.2, 0.25) is 5.02 Å². The number of thiophene rings is 1. The fraction of sp³-hybridized carbons (Fsp3) is 0.261. The molecule has 0 aliphatic carbocycles. The molecular formula is C23H23ClN4OS. The van der Waals surface area contributed by atoms with Crippen LogP contribution in [0.4, 0.5) is 0 Å². The van der Waals surface area contributed by atoms with E-state index in [1.165, 1.54) is 0 Å². The third-order valence-corrected chi connectivity index (χ3v) is 6.56. The normalized spacial score (nSPS) is 12.3. The van der Waals surface area contributed by atoms with Crippen LogP contribution in [0.3, 0.4) is 0 Å². The first kappa shape index (κ1) is 20.6. The molecule has 5 nitrogen and oxygen atoms in total. The van der Waals surface area contributed by atoms with Gasteiger partial charge in [0.2, 0.25) is 5.91 Å². The smallest absolute Gasteiger partial charge is 0.220 e. The molecule has 7 heteroatoms. The fourth-order valence-electron chi connectivity index (χ4n) is 3.61. The highest BCUT2D eigenvalue weighted by molar-refractivity contribution is 7.10. The maximum absolute atomic E-state index is 12.5. The van der Waals surface area contributed by atoms with Crippen LogP contribution in [0, 0.1) is 13.8 Å². The van der Waals surface area contributed by atoms with E-state index in [1.54, 1.807) is 11.3 Å². The summed E-state index contributed by atoms with van der Waals surface area (Å²) in [6, 6.07) is 13.6. The number of fused-ring (bicyclic) bond motifs is 1. The van der Waals surface area contributed by atoms with Crippen molar-refractivity contribution in [3.05, 3.63) is 74.7 Å². The van der Waals surface area contributed by atoms with Gasteiger partial charge in [0.05, 0.1) is 11.7 Å². The second-order valence-electron chi connectivity index (χ2n) is 7.37. The van der Waals surface area contributed by atoms with E-state index in [-0.39, 0.29) is 11.9 Å². The number of hydrogen-bond donors (Lipinski definition) is 1. The highest BCUT2D eigenvalue weighted by Gasteiger charge is 2.16. The lowest BCUT2D eigenvalue weighted by Crippen LogP contribution is -2.26. The molecular weight excluding hydrogens is 416 g/mol. The Morgan fingerprint density at radius 1 is 1.23 bits per heavy atom. The van der Waals surface area contributed by atoms with Gasteiger partial charge in [-0.15, -0.1) is 11.3 Å². The Labute approximate surface area is 184 Å². The number of benzene rings is 1. The summed E-state index contributed by atoms with van der Waals surface area (Å²) in [5.74, 6) is 0.0390. The lowest BCUT2D eigenvalue weighted by Gasteiger charge is -2.14. The minimum atomic E-state index is 0.0216. The van der Waals surface area contributed by atoms with E-state index >= 15 is 0 Å². The molecule has 30 heavy (non-hydrogen) atoms. The minimum Gasteiger partial charge on any atom is -0.349 e. The Kier molecular flexibility index (Phi) is 5.88. The van der Waals surface area contributed by atoms with Gasteiger partial charge in [0.25, 0.3) is 0 Å². The molecule has 3 heterocycles. The van der Waals surface area contributed by atoms with Crippen molar-refractivity contribution >= 4 is 34.5 Å². The number of amides is 1. The van der Waals surface area contributed by atoms with Crippen LogP contribution in [0.5, 0.6) is 0 Å². The summed E-state index contributed by atoms with van der Waals surface area (Å²) in [4.78, 5) is 18.3. The second-order valence-corrected chi connectivity index (χ2v) is 8.79. The van der Waals surface area contributed by atoms with Gasteiger partial charge in [-0.3, -0.25) is 4.79 Å². The third-order valence-electron chi connectivity index (χ3n) is 5.25. The van der Waals surface area contributed by atoms with Crippen molar-refractivity contribution in [3.63, 3.8) is 0 Å². The monoisotopic (exact) mass is 438 g/mol. The van der Waals surface area contributed by atoms with Gasteiger partial charge in [0.15, 0.2) is 5.65 Å². The van der Waals surface area contributed by atoms with Crippen molar-refractivity contribution in [2.75, 3.05) is 0 Å². The predicted octanol–water partition coefficient (Wildman–Crippen LogP) is 5.54. The van der Waals surface area contributed by atoms with Crippen molar-refractivity contribution < 1.29 is 4.79 Å². The summed E-state index contributed by atoms with van der Waals surface area (Å²) in [6.07, 6.45) is 1.04. The summed E-state index contributed by atoms with van der Waals surface area (Å²) in [6.45, 7) is 6.03. The molecule has 0 spiro atoms. The molecule has 0 saturated heterocycles. The topological polar surface area (TPSA) is 59.3 Å². The Hall–Kier alpha value is -2.70. The van der Waals surface area contributed by atoms with E-state index in [1.807, 2.05) is 73.1 Å². The Morgan fingerprint density at radius 2 is 2.00 bits per heavy atom. The highest BCUT2D eigenvalue weighted by Crippen LogP contribution is 2.24. The van der Waals surface area contributed by atoms with Crippen LogP contribution in [0.15, 0.2) is 47.8 Å². The van der Waals surface area contributed by atoms with Gasteiger partial charge in [-0.05, 0) is 56.3 Å². The zero-order valence-corrected chi connectivity index (χ0v) is 18.7. The first-order valence-electron chi connectivity index (χ1n) is 9.87. The van der Waals surface area contributed by atoms with Gasteiger partial charge < -0.3 is 5.32 Å². The first-order valence-corrected chi connectivity index (χ1v) is 11.1. The highest BCUT2D eigenvalue weighted by atomic mass is 35.5. The third kappa shape index (κ3) is 4.25. The van der Waals surface area contributed by atoms with Crippen LogP contribution < -0.4 is 5.32 Å². The van der Waals surface area contributed by atoms with E-state index in [9.17, 15) is 4.79 Å². The molecule has 0 radical (unpaired) electrons. The van der Waals surface area contributed by atoms with Gasteiger partial charge in [-0.2, -0.15) is 5.10 Å². The zero-order valence-electron chi connectivity index (χ0n) is 17.1. The summed E-state index contributed by atoms with van der Waals surface area (Å²) >= 11 is 7.65. The van der Waals surface area contributed by atoms with Gasteiger partial charge in [0, 0.05) is 39.3 Å². The number of rotatable bonds is 6. The largest absolute Gasteiger partial charge is 0.349 e. The van der Waals surface area contributed by atoms with E-state index < -0.39 is 0 Å². The van der Waals surface area contributed by atoms with Crippen molar-refractivity contribution in [3.8, 4) is 11.3 Å². The summed E-state index contributed by atoms with van der Waals surface area (Å²) < 4.78 is 1.86. The lowest BCUT2D eigenvalue weighted by atomic mass is 10.1. The van der Waals surface area contributed by atoms with Crippen LogP contribution in [0.1, 0.15) is 41.2 Å². The fourth-order valence-corrected chi connectivity index (χ4v) is 4.47. The van der Waals surface area contributed by atoms with Crippen molar-refractivity contribution in [1.82, 2.24) is 19.9 Å².